The molecule has 0 atom stereocenters. The minimum Gasteiger partial charge on any atom is -0.481 e. The molecule has 120 valence electrons. The van der Waals surface area contributed by atoms with Crippen LogP contribution in [-0.2, 0) is 14.3 Å². The number of rotatable bonds is 6. The van der Waals surface area contributed by atoms with Crippen LogP contribution in [0.15, 0.2) is 0 Å². The van der Waals surface area contributed by atoms with Crippen LogP contribution in [0.4, 0.5) is 0 Å². The van der Waals surface area contributed by atoms with Gasteiger partial charge in [-0.15, -0.1) is 0 Å². The number of aliphatic carboxylic acids is 1. The molecule has 0 spiro atoms. The quantitative estimate of drug-likeness (QED) is 0.738. The Labute approximate surface area is 126 Å². The lowest BCUT2D eigenvalue weighted by atomic mass is 9.81. The lowest BCUT2D eigenvalue weighted by molar-refractivity contribution is -0.144. The van der Waals surface area contributed by atoms with E-state index in [-0.39, 0.29) is 17.7 Å². The van der Waals surface area contributed by atoms with E-state index in [9.17, 15) is 9.59 Å². The molecule has 2 saturated carbocycles. The van der Waals surface area contributed by atoms with E-state index in [1.54, 1.807) is 0 Å². The minimum atomic E-state index is -0.727. The molecule has 5 nitrogen and oxygen atoms in total. The van der Waals surface area contributed by atoms with Gasteiger partial charge in [-0.1, -0.05) is 19.3 Å². The zero-order valence-corrected chi connectivity index (χ0v) is 12.7. The molecule has 0 aliphatic heterocycles. The molecule has 21 heavy (non-hydrogen) atoms. The van der Waals surface area contributed by atoms with Gasteiger partial charge in [0.15, 0.2) is 0 Å². The lowest BCUT2D eigenvalue weighted by Gasteiger charge is -2.25. The third-order valence-electron chi connectivity index (χ3n) is 4.75. The minimum absolute atomic E-state index is 0.0183. The zero-order chi connectivity index (χ0) is 15.1. The molecule has 0 aromatic rings. The third kappa shape index (κ3) is 5.30. The van der Waals surface area contributed by atoms with Crippen LogP contribution < -0.4 is 5.32 Å². The number of ether oxygens (including phenoxy) is 1. The van der Waals surface area contributed by atoms with Gasteiger partial charge < -0.3 is 15.2 Å². The summed E-state index contributed by atoms with van der Waals surface area (Å²) in [6.07, 6.45) is 9.10. The van der Waals surface area contributed by atoms with E-state index in [2.05, 4.69) is 5.32 Å². The largest absolute Gasteiger partial charge is 0.481 e. The van der Waals surface area contributed by atoms with Gasteiger partial charge in [-0.05, 0) is 38.5 Å². The predicted molar refractivity (Wildman–Crippen MR) is 78.9 cm³/mol. The van der Waals surface area contributed by atoms with Gasteiger partial charge >= 0.3 is 5.97 Å². The summed E-state index contributed by atoms with van der Waals surface area (Å²) in [5.41, 5.74) is 0. The van der Waals surface area contributed by atoms with Gasteiger partial charge in [-0.3, -0.25) is 9.59 Å². The summed E-state index contributed by atoms with van der Waals surface area (Å²) in [6.45, 7) is 1.15. The first-order chi connectivity index (χ1) is 10.2. The molecule has 0 unspecified atom stereocenters. The van der Waals surface area contributed by atoms with E-state index in [4.69, 9.17) is 9.84 Å². The maximum absolute atomic E-state index is 12.0. The number of nitrogens with one attached hydrogen (secondary N) is 1. The molecule has 2 rings (SSSR count). The van der Waals surface area contributed by atoms with Crippen molar-refractivity contribution in [2.45, 2.75) is 63.9 Å². The fourth-order valence-electron chi connectivity index (χ4n) is 3.38. The van der Waals surface area contributed by atoms with Crippen molar-refractivity contribution in [3.8, 4) is 0 Å². The van der Waals surface area contributed by atoms with E-state index in [0.29, 0.717) is 44.9 Å². The van der Waals surface area contributed by atoms with Gasteiger partial charge in [0.05, 0.1) is 18.6 Å². The smallest absolute Gasteiger partial charge is 0.306 e. The van der Waals surface area contributed by atoms with Gasteiger partial charge in [-0.2, -0.15) is 0 Å². The van der Waals surface area contributed by atoms with Crippen LogP contribution in [0.2, 0.25) is 0 Å². The Balaban J connectivity index is 1.56. The SMILES string of the molecule is O=C(O)C1CCC(C(=O)NCCOC2CCCCC2)CC1. The summed E-state index contributed by atoms with van der Waals surface area (Å²) in [7, 11) is 0. The van der Waals surface area contributed by atoms with Crippen molar-refractivity contribution in [3.63, 3.8) is 0 Å². The maximum atomic E-state index is 12.0. The van der Waals surface area contributed by atoms with Crippen molar-refractivity contribution in [1.82, 2.24) is 5.32 Å². The molecule has 0 radical (unpaired) electrons. The van der Waals surface area contributed by atoms with Gasteiger partial charge in [0.2, 0.25) is 5.91 Å². The van der Waals surface area contributed by atoms with Crippen molar-refractivity contribution in [1.29, 1.82) is 0 Å². The van der Waals surface area contributed by atoms with Crippen LogP contribution in [-0.4, -0.2) is 36.2 Å². The average molecular weight is 297 g/mol. The van der Waals surface area contributed by atoms with Crippen LogP contribution in [0.25, 0.3) is 0 Å². The first kappa shape index (κ1) is 16.3. The Kier molecular flexibility index (Phi) is 6.49. The van der Waals surface area contributed by atoms with E-state index >= 15 is 0 Å². The maximum Gasteiger partial charge on any atom is 0.306 e. The lowest BCUT2D eigenvalue weighted by Crippen LogP contribution is -2.36. The molecule has 0 bridgehead atoms. The van der Waals surface area contributed by atoms with Crippen molar-refractivity contribution >= 4 is 11.9 Å². The van der Waals surface area contributed by atoms with Gasteiger partial charge in [0.1, 0.15) is 0 Å². The fraction of sp³-hybridized carbons (Fsp3) is 0.875. The van der Waals surface area contributed by atoms with E-state index in [1.807, 2.05) is 0 Å². The molecule has 2 aliphatic carbocycles. The molecule has 0 saturated heterocycles. The summed E-state index contributed by atoms with van der Waals surface area (Å²) in [5.74, 6) is -0.945. The second-order valence-corrected chi connectivity index (χ2v) is 6.31. The van der Waals surface area contributed by atoms with Crippen molar-refractivity contribution < 1.29 is 19.4 Å². The summed E-state index contributed by atoms with van der Waals surface area (Å²) in [4.78, 5) is 22.9. The predicted octanol–water partition coefficient (Wildman–Crippen LogP) is 2.34. The third-order valence-corrected chi connectivity index (χ3v) is 4.75. The van der Waals surface area contributed by atoms with E-state index < -0.39 is 5.97 Å². The molecule has 1 amide bonds. The number of hydrogen-bond donors (Lipinski definition) is 2. The highest BCUT2D eigenvalue weighted by Gasteiger charge is 2.29. The highest BCUT2D eigenvalue weighted by atomic mass is 16.5. The van der Waals surface area contributed by atoms with Gasteiger partial charge in [-0.25, -0.2) is 0 Å². The summed E-state index contributed by atoms with van der Waals surface area (Å²) in [6, 6.07) is 0. The van der Waals surface area contributed by atoms with Crippen LogP contribution in [0.1, 0.15) is 57.8 Å². The van der Waals surface area contributed by atoms with Crippen LogP contribution in [0.3, 0.4) is 0 Å². The van der Waals surface area contributed by atoms with Crippen molar-refractivity contribution in [2.75, 3.05) is 13.2 Å². The molecule has 5 heteroatoms. The molecule has 0 aromatic heterocycles. The monoisotopic (exact) mass is 297 g/mol. The summed E-state index contributed by atoms with van der Waals surface area (Å²) >= 11 is 0. The number of hydrogen-bond acceptors (Lipinski definition) is 3. The van der Waals surface area contributed by atoms with Gasteiger partial charge in [0, 0.05) is 12.5 Å². The molecule has 0 aromatic carbocycles. The number of carbonyl (C=O) groups excluding carboxylic acids is 1. The number of carboxylic acid groups (broad SMARTS) is 1. The molecule has 2 aliphatic rings. The Morgan fingerprint density at radius 1 is 0.952 bits per heavy atom. The topological polar surface area (TPSA) is 75.6 Å². The molecular formula is C16H27NO4. The Morgan fingerprint density at radius 3 is 2.19 bits per heavy atom. The normalized spacial score (nSPS) is 27.2. The molecule has 2 fully saturated rings. The van der Waals surface area contributed by atoms with E-state index in [1.165, 1.54) is 19.3 Å². The van der Waals surface area contributed by atoms with Crippen LogP contribution in [0.5, 0.6) is 0 Å². The standard InChI is InChI=1S/C16H27NO4/c18-15(12-6-8-13(9-7-12)16(19)20)17-10-11-21-14-4-2-1-3-5-14/h12-14H,1-11H2,(H,17,18)(H,19,20). The second kappa shape index (κ2) is 8.37. The highest BCUT2D eigenvalue weighted by Crippen LogP contribution is 2.29. The number of carbonyl (C=O) groups is 2. The Morgan fingerprint density at radius 2 is 1.57 bits per heavy atom. The van der Waals surface area contributed by atoms with Gasteiger partial charge in [0.25, 0.3) is 0 Å². The van der Waals surface area contributed by atoms with Crippen LogP contribution >= 0.6 is 0 Å². The Bertz CT molecular complexity index is 344. The number of carboxylic acids is 1. The summed E-state index contributed by atoms with van der Waals surface area (Å²) in [5, 5.41) is 11.9. The molecular weight excluding hydrogens is 270 g/mol. The highest BCUT2D eigenvalue weighted by molar-refractivity contribution is 5.79. The first-order valence-corrected chi connectivity index (χ1v) is 8.29. The number of amides is 1. The van der Waals surface area contributed by atoms with Crippen molar-refractivity contribution in [2.24, 2.45) is 11.8 Å². The van der Waals surface area contributed by atoms with Crippen molar-refractivity contribution in [3.05, 3.63) is 0 Å². The summed E-state index contributed by atoms with van der Waals surface area (Å²) < 4.78 is 5.78. The average Bonchev–Trinajstić information content (AvgIpc) is 2.52. The van der Waals surface area contributed by atoms with E-state index in [0.717, 1.165) is 12.8 Å². The first-order valence-electron chi connectivity index (χ1n) is 8.29. The Hall–Kier alpha value is -1.10. The second-order valence-electron chi connectivity index (χ2n) is 6.31. The zero-order valence-electron chi connectivity index (χ0n) is 12.7. The molecule has 2 N–H and O–H groups in total. The molecule has 0 heterocycles. The fourth-order valence-corrected chi connectivity index (χ4v) is 3.38. The van der Waals surface area contributed by atoms with Crippen LogP contribution in [0, 0.1) is 11.8 Å².